The summed E-state index contributed by atoms with van der Waals surface area (Å²) in [5, 5.41) is 11.4. The van der Waals surface area contributed by atoms with Gasteiger partial charge in [-0.1, -0.05) is 29.3 Å². The van der Waals surface area contributed by atoms with Gasteiger partial charge in [0.25, 0.3) is 5.91 Å². The molecule has 0 spiro atoms. The molecule has 2 aromatic rings. The van der Waals surface area contributed by atoms with Gasteiger partial charge in [-0.15, -0.1) is 0 Å². The van der Waals surface area contributed by atoms with Gasteiger partial charge in [0, 0.05) is 5.56 Å². The Labute approximate surface area is 167 Å². The minimum absolute atomic E-state index is 0.167. The molecule has 5 heteroatoms. The maximum atomic E-state index is 13.3. The summed E-state index contributed by atoms with van der Waals surface area (Å²) >= 11 is 0. The molecule has 0 aliphatic carbocycles. The molecule has 2 rings (SSSR count). The van der Waals surface area contributed by atoms with Crippen molar-refractivity contribution in [1.82, 2.24) is 10.4 Å². The van der Waals surface area contributed by atoms with Gasteiger partial charge in [-0.2, -0.15) is 5.26 Å². The second-order valence-electron chi connectivity index (χ2n) is 8.05. The monoisotopic (exact) mass is 379 g/mol. The van der Waals surface area contributed by atoms with Crippen LogP contribution in [-0.2, 0) is 0 Å². The first kappa shape index (κ1) is 21.5. The van der Waals surface area contributed by atoms with Crippen molar-refractivity contribution in [3.05, 3.63) is 64.2 Å². The molecule has 0 aliphatic heterocycles. The number of carbonyl (C=O) groups is 1. The first-order valence-electron chi connectivity index (χ1n) is 9.30. The van der Waals surface area contributed by atoms with Crippen LogP contribution in [0.1, 0.15) is 59.4 Å². The first-order chi connectivity index (χ1) is 13.1. The van der Waals surface area contributed by atoms with Crippen LogP contribution in [0, 0.1) is 32.1 Å². The molecule has 0 fully saturated rings. The van der Waals surface area contributed by atoms with Gasteiger partial charge in [0.15, 0.2) is 0 Å². The molecule has 1 atom stereocenters. The Bertz CT molecular complexity index is 887. The summed E-state index contributed by atoms with van der Waals surface area (Å²) in [6, 6.07) is 12.9. The number of amides is 1. The summed E-state index contributed by atoms with van der Waals surface area (Å²) in [5.41, 5.74) is 6.93. The fourth-order valence-electron chi connectivity index (χ4n) is 3.25. The van der Waals surface area contributed by atoms with E-state index in [1.807, 2.05) is 77.9 Å². The first-order valence-corrected chi connectivity index (χ1v) is 9.30. The average molecular weight is 380 g/mol. The predicted octanol–water partition coefficient (Wildman–Crippen LogP) is 4.63. The van der Waals surface area contributed by atoms with Crippen LogP contribution in [-0.4, -0.2) is 23.6 Å². The van der Waals surface area contributed by atoms with E-state index in [9.17, 15) is 10.1 Å². The van der Waals surface area contributed by atoms with Gasteiger partial charge in [0.2, 0.25) is 0 Å². The van der Waals surface area contributed by atoms with Crippen molar-refractivity contribution in [2.24, 2.45) is 0 Å². The van der Waals surface area contributed by atoms with Crippen LogP contribution >= 0.6 is 0 Å². The number of methoxy groups -OCH3 is 1. The second kappa shape index (κ2) is 8.45. The minimum atomic E-state index is -0.691. The maximum absolute atomic E-state index is 13.3. The van der Waals surface area contributed by atoms with Crippen molar-refractivity contribution in [3.63, 3.8) is 0 Å². The highest BCUT2D eigenvalue weighted by atomic mass is 16.5. The smallest absolute Gasteiger partial charge is 0.268 e. The number of nitrogens with zero attached hydrogens (tertiary/aromatic N) is 2. The fourth-order valence-corrected chi connectivity index (χ4v) is 3.25. The fraction of sp³-hybridized carbons (Fsp3) is 0.391. The van der Waals surface area contributed by atoms with Crippen LogP contribution in [0.4, 0.5) is 0 Å². The van der Waals surface area contributed by atoms with E-state index in [0.717, 1.165) is 22.3 Å². The van der Waals surface area contributed by atoms with E-state index < -0.39 is 11.6 Å². The third-order valence-electron chi connectivity index (χ3n) is 4.59. The van der Waals surface area contributed by atoms with Crippen molar-refractivity contribution in [1.29, 1.82) is 5.26 Å². The van der Waals surface area contributed by atoms with Crippen LogP contribution in [0.15, 0.2) is 36.4 Å². The Hall–Kier alpha value is -2.84. The zero-order valence-corrected chi connectivity index (χ0v) is 17.8. The van der Waals surface area contributed by atoms with E-state index in [4.69, 9.17) is 4.74 Å². The molecule has 0 aromatic heterocycles. The van der Waals surface area contributed by atoms with Gasteiger partial charge in [-0.05, 0) is 70.9 Å². The van der Waals surface area contributed by atoms with Gasteiger partial charge < -0.3 is 4.74 Å². The van der Waals surface area contributed by atoms with Crippen LogP contribution < -0.4 is 10.2 Å². The average Bonchev–Trinajstić information content (AvgIpc) is 2.61. The lowest BCUT2D eigenvalue weighted by Gasteiger charge is -2.37. The number of carbonyl (C=O) groups excluding carboxylic acids is 1. The molecular formula is C23H29N3O2. The topological polar surface area (TPSA) is 65.4 Å². The predicted molar refractivity (Wildman–Crippen MR) is 111 cm³/mol. The van der Waals surface area contributed by atoms with Gasteiger partial charge in [-0.25, -0.2) is 5.43 Å². The molecule has 0 heterocycles. The molecular weight excluding hydrogens is 350 g/mol. The molecule has 5 nitrogen and oxygen atoms in total. The zero-order chi connectivity index (χ0) is 21.1. The van der Waals surface area contributed by atoms with Crippen LogP contribution in [0.25, 0.3) is 0 Å². The number of hydrogen-bond donors (Lipinski definition) is 1. The molecule has 0 aliphatic rings. The zero-order valence-electron chi connectivity index (χ0n) is 17.8. The van der Waals surface area contributed by atoms with Gasteiger partial charge in [-0.3, -0.25) is 9.80 Å². The van der Waals surface area contributed by atoms with Gasteiger partial charge in [0.05, 0.1) is 18.7 Å². The molecule has 1 unspecified atom stereocenters. The van der Waals surface area contributed by atoms with E-state index >= 15 is 0 Å². The SMILES string of the molecule is COc1cccc(C(C#N)NN(C(=O)c2cc(C)cc(C)c2)C(C)(C)C)c1C. The molecule has 148 valence electrons. The Morgan fingerprint density at radius 3 is 2.25 bits per heavy atom. The van der Waals surface area contributed by atoms with E-state index in [0.29, 0.717) is 11.3 Å². The lowest BCUT2D eigenvalue weighted by Crippen LogP contribution is -2.54. The number of rotatable bonds is 5. The Kier molecular flexibility index (Phi) is 6.48. The van der Waals surface area contributed by atoms with E-state index in [1.165, 1.54) is 0 Å². The summed E-state index contributed by atoms with van der Waals surface area (Å²) in [5.74, 6) is 0.544. The number of nitrogens with one attached hydrogen (secondary N) is 1. The number of benzene rings is 2. The quantitative estimate of drug-likeness (QED) is 0.769. The van der Waals surface area contributed by atoms with Crippen LogP contribution in [0.3, 0.4) is 0 Å². The summed E-state index contributed by atoms with van der Waals surface area (Å²) in [7, 11) is 1.60. The molecule has 2 aromatic carbocycles. The largest absolute Gasteiger partial charge is 0.496 e. The Morgan fingerprint density at radius 2 is 1.75 bits per heavy atom. The molecule has 0 saturated heterocycles. The normalized spacial score (nSPS) is 12.2. The molecule has 1 N–H and O–H groups in total. The summed E-state index contributed by atoms with van der Waals surface area (Å²) in [6.45, 7) is 11.7. The van der Waals surface area contributed by atoms with E-state index in [2.05, 4.69) is 11.5 Å². The van der Waals surface area contributed by atoms with Gasteiger partial charge >= 0.3 is 0 Å². The van der Waals surface area contributed by atoms with Crippen molar-refractivity contribution < 1.29 is 9.53 Å². The number of nitriles is 1. The number of hydrogen-bond acceptors (Lipinski definition) is 4. The van der Waals surface area contributed by atoms with Crippen molar-refractivity contribution in [3.8, 4) is 11.8 Å². The lowest BCUT2D eigenvalue weighted by atomic mass is 10.0. The molecule has 0 radical (unpaired) electrons. The third kappa shape index (κ3) is 4.71. The van der Waals surface area contributed by atoms with Gasteiger partial charge in [0.1, 0.15) is 11.8 Å². The highest BCUT2D eigenvalue weighted by Gasteiger charge is 2.31. The lowest BCUT2D eigenvalue weighted by molar-refractivity contribution is 0.0364. The van der Waals surface area contributed by atoms with Crippen LogP contribution in [0.2, 0.25) is 0 Å². The van der Waals surface area contributed by atoms with Crippen molar-refractivity contribution in [2.45, 2.75) is 53.1 Å². The standard InChI is InChI=1S/C23H29N3O2/c1-15-11-16(2)13-18(12-15)22(27)26(23(4,5)6)25-20(14-24)19-9-8-10-21(28-7)17(19)3/h8-13,20,25H,1-7H3. The molecule has 1 amide bonds. The third-order valence-corrected chi connectivity index (χ3v) is 4.59. The minimum Gasteiger partial charge on any atom is -0.496 e. The Morgan fingerprint density at radius 1 is 1.14 bits per heavy atom. The molecule has 0 bridgehead atoms. The summed E-state index contributed by atoms with van der Waals surface area (Å²) in [4.78, 5) is 13.3. The number of aryl methyl sites for hydroxylation is 2. The van der Waals surface area contributed by atoms with Crippen molar-refractivity contribution in [2.75, 3.05) is 7.11 Å². The highest BCUT2D eigenvalue weighted by Crippen LogP contribution is 2.27. The summed E-state index contributed by atoms with van der Waals surface area (Å²) < 4.78 is 5.38. The number of hydrazine groups is 1. The van der Waals surface area contributed by atoms with E-state index in [1.54, 1.807) is 12.1 Å². The molecule has 0 saturated carbocycles. The highest BCUT2D eigenvalue weighted by molar-refractivity contribution is 5.94. The molecule has 28 heavy (non-hydrogen) atoms. The van der Waals surface area contributed by atoms with E-state index in [-0.39, 0.29) is 5.91 Å². The Balaban J connectivity index is 2.44. The second-order valence-corrected chi connectivity index (χ2v) is 8.05. The maximum Gasteiger partial charge on any atom is 0.268 e. The van der Waals surface area contributed by atoms with Crippen LogP contribution in [0.5, 0.6) is 5.75 Å². The van der Waals surface area contributed by atoms with Crippen molar-refractivity contribution >= 4 is 5.91 Å². The number of ether oxygens (including phenoxy) is 1. The summed E-state index contributed by atoms with van der Waals surface area (Å²) in [6.07, 6.45) is 0.